The summed E-state index contributed by atoms with van der Waals surface area (Å²) in [6, 6.07) is 14.2. The Morgan fingerprint density at radius 2 is 1.12 bits per heavy atom. The summed E-state index contributed by atoms with van der Waals surface area (Å²) in [5.41, 5.74) is 2.43. The Labute approximate surface area is 153 Å². The van der Waals surface area contributed by atoms with Gasteiger partial charge >= 0.3 is 0 Å². The van der Waals surface area contributed by atoms with E-state index < -0.39 is 12.2 Å². The summed E-state index contributed by atoms with van der Waals surface area (Å²) in [6.45, 7) is 2.87. The van der Waals surface area contributed by atoms with Crippen molar-refractivity contribution in [3.8, 4) is 11.8 Å². The molecule has 2 aromatic carbocycles. The van der Waals surface area contributed by atoms with Gasteiger partial charge in [-0.1, -0.05) is 48.2 Å². The molecule has 4 nitrogen and oxygen atoms in total. The van der Waals surface area contributed by atoms with Crippen LogP contribution >= 0.6 is 0 Å². The SMILES string of the molecule is CC(=O)C[C@@H](O)c1ccccc1C#Cc1ccccc1[C@H](O)CC(C)=O. The first kappa shape index (κ1) is 19.6. The maximum absolute atomic E-state index is 11.3. The highest BCUT2D eigenvalue weighted by Gasteiger charge is 2.14. The number of aliphatic hydroxyl groups is 2. The molecule has 0 unspecified atom stereocenters. The van der Waals surface area contributed by atoms with Crippen molar-refractivity contribution >= 4 is 11.6 Å². The molecule has 0 spiro atoms. The van der Waals surface area contributed by atoms with Gasteiger partial charge in [0.1, 0.15) is 11.6 Å². The van der Waals surface area contributed by atoms with Crippen LogP contribution in [0, 0.1) is 11.8 Å². The molecule has 2 atom stereocenters. The topological polar surface area (TPSA) is 74.6 Å². The van der Waals surface area contributed by atoms with E-state index in [2.05, 4.69) is 11.8 Å². The van der Waals surface area contributed by atoms with Crippen molar-refractivity contribution in [3.63, 3.8) is 0 Å². The molecule has 134 valence electrons. The van der Waals surface area contributed by atoms with E-state index in [9.17, 15) is 19.8 Å². The third-order valence-electron chi connectivity index (χ3n) is 3.93. The van der Waals surface area contributed by atoms with Gasteiger partial charge in [-0.2, -0.15) is 0 Å². The minimum atomic E-state index is -0.906. The summed E-state index contributed by atoms with van der Waals surface area (Å²) in [6.07, 6.45) is -1.74. The predicted molar refractivity (Wildman–Crippen MR) is 99.4 cm³/mol. The van der Waals surface area contributed by atoms with Gasteiger partial charge in [-0.05, 0) is 37.1 Å². The van der Waals surface area contributed by atoms with E-state index in [-0.39, 0.29) is 24.4 Å². The third kappa shape index (κ3) is 5.38. The summed E-state index contributed by atoms with van der Waals surface area (Å²) in [5, 5.41) is 20.5. The highest BCUT2D eigenvalue weighted by molar-refractivity contribution is 5.76. The molecular weight excluding hydrogens is 328 g/mol. The second-order valence-corrected chi connectivity index (χ2v) is 6.27. The highest BCUT2D eigenvalue weighted by atomic mass is 16.3. The number of benzene rings is 2. The normalized spacial score (nSPS) is 12.6. The number of aliphatic hydroxyl groups excluding tert-OH is 2. The predicted octanol–water partition coefficient (Wildman–Crippen LogP) is 3.11. The summed E-state index contributed by atoms with van der Waals surface area (Å²) < 4.78 is 0. The molecule has 0 bridgehead atoms. The molecule has 0 aliphatic rings. The van der Waals surface area contributed by atoms with Crippen molar-refractivity contribution in [1.29, 1.82) is 0 Å². The smallest absolute Gasteiger partial charge is 0.132 e. The molecule has 0 aliphatic carbocycles. The van der Waals surface area contributed by atoms with Gasteiger partial charge in [0.25, 0.3) is 0 Å². The van der Waals surface area contributed by atoms with Crippen molar-refractivity contribution in [3.05, 3.63) is 70.8 Å². The summed E-state index contributed by atoms with van der Waals surface area (Å²) >= 11 is 0. The molecule has 0 heterocycles. The maximum Gasteiger partial charge on any atom is 0.132 e. The molecule has 0 amide bonds. The molecule has 0 saturated heterocycles. The largest absolute Gasteiger partial charge is 0.388 e. The Kier molecular flexibility index (Phi) is 6.85. The maximum atomic E-state index is 11.3. The number of hydrogen-bond acceptors (Lipinski definition) is 4. The van der Waals surface area contributed by atoms with Crippen molar-refractivity contribution in [1.82, 2.24) is 0 Å². The first-order chi connectivity index (χ1) is 12.4. The first-order valence-electron chi connectivity index (χ1n) is 8.43. The zero-order chi connectivity index (χ0) is 19.1. The van der Waals surface area contributed by atoms with Crippen molar-refractivity contribution < 1.29 is 19.8 Å². The number of carbonyl (C=O) groups is 2. The van der Waals surface area contributed by atoms with Crippen LogP contribution in [0.3, 0.4) is 0 Å². The van der Waals surface area contributed by atoms with Crippen LogP contribution in [0.5, 0.6) is 0 Å². The van der Waals surface area contributed by atoms with Crippen LogP contribution in [-0.2, 0) is 9.59 Å². The van der Waals surface area contributed by atoms with Crippen LogP contribution in [0.25, 0.3) is 0 Å². The lowest BCUT2D eigenvalue weighted by Crippen LogP contribution is -2.06. The summed E-state index contributed by atoms with van der Waals surface area (Å²) in [5.74, 6) is 5.83. The molecule has 26 heavy (non-hydrogen) atoms. The fourth-order valence-corrected chi connectivity index (χ4v) is 2.70. The standard InChI is InChI=1S/C22H22O4/c1-15(23)13-21(25)19-9-5-3-7-17(19)11-12-18-8-4-6-10-20(18)22(26)14-16(2)24/h3-10,21-22,25-26H,13-14H2,1-2H3/t21-,22-/m1/s1. The zero-order valence-corrected chi connectivity index (χ0v) is 14.9. The highest BCUT2D eigenvalue weighted by Crippen LogP contribution is 2.23. The van der Waals surface area contributed by atoms with Gasteiger partial charge in [-0.15, -0.1) is 0 Å². The molecule has 0 aliphatic heterocycles. The van der Waals surface area contributed by atoms with E-state index in [0.29, 0.717) is 22.3 Å². The average molecular weight is 350 g/mol. The monoisotopic (exact) mass is 350 g/mol. The van der Waals surface area contributed by atoms with Gasteiger partial charge in [0.15, 0.2) is 0 Å². The van der Waals surface area contributed by atoms with Gasteiger partial charge in [0.05, 0.1) is 12.2 Å². The first-order valence-corrected chi connectivity index (χ1v) is 8.43. The van der Waals surface area contributed by atoms with E-state index in [0.717, 1.165) is 0 Å². The van der Waals surface area contributed by atoms with Crippen LogP contribution in [0.2, 0.25) is 0 Å². The fraction of sp³-hybridized carbons (Fsp3) is 0.273. The minimum absolute atomic E-state index is 0.0343. The van der Waals surface area contributed by atoms with Crippen LogP contribution in [0.4, 0.5) is 0 Å². The number of Topliss-reactive ketones (excluding diaryl/α,β-unsaturated/α-hetero) is 2. The number of hydrogen-bond donors (Lipinski definition) is 2. The quantitative estimate of drug-likeness (QED) is 0.785. The molecule has 0 aromatic heterocycles. The zero-order valence-electron chi connectivity index (χ0n) is 14.9. The van der Waals surface area contributed by atoms with Crippen LogP contribution in [-0.4, -0.2) is 21.8 Å². The Hall–Kier alpha value is -2.74. The number of ketones is 2. The second kappa shape index (κ2) is 9.10. The Morgan fingerprint density at radius 3 is 1.46 bits per heavy atom. The van der Waals surface area contributed by atoms with E-state index in [1.807, 2.05) is 12.1 Å². The van der Waals surface area contributed by atoms with Crippen molar-refractivity contribution in [2.45, 2.75) is 38.9 Å². The van der Waals surface area contributed by atoms with Gasteiger partial charge in [-0.25, -0.2) is 0 Å². The fourth-order valence-electron chi connectivity index (χ4n) is 2.70. The van der Waals surface area contributed by atoms with Crippen molar-refractivity contribution in [2.75, 3.05) is 0 Å². The summed E-state index contributed by atoms with van der Waals surface area (Å²) in [7, 11) is 0. The molecular formula is C22H22O4. The molecule has 2 N–H and O–H groups in total. The lowest BCUT2D eigenvalue weighted by atomic mass is 9.97. The van der Waals surface area contributed by atoms with Gasteiger partial charge in [-0.3, -0.25) is 9.59 Å². The van der Waals surface area contributed by atoms with Gasteiger partial charge in [0, 0.05) is 24.0 Å². The molecule has 0 saturated carbocycles. The lowest BCUT2D eigenvalue weighted by molar-refractivity contribution is -0.119. The van der Waals surface area contributed by atoms with Gasteiger partial charge < -0.3 is 10.2 Å². The van der Waals surface area contributed by atoms with Crippen LogP contribution in [0.1, 0.15) is 61.2 Å². The van der Waals surface area contributed by atoms with E-state index in [4.69, 9.17) is 0 Å². The van der Waals surface area contributed by atoms with Gasteiger partial charge in [0.2, 0.25) is 0 Å². The summed E-state index contributed by atoms with van der Waals surface area (Å²) in [4.78, 5) is 22.5. The van der Waals surface area contributed by atoms with Crippen LogP contribution in [0.15, 0.2) is 48.5 Å². The molecule has 2 aromatic rings. The third-order valence-corrected chi connectivity index (χ3v) is 3.93. The molecule has 2 rings (SSSR count). The minimum Gasteiger partial charge on any atom is -0.388 e. The molecule has 0 radical (unpaired) electrons. The van der Waals surface area contributed by atoms with Crippen LogP contribution < -0.4 is 0 Å². The van der Waals surface area contributed by atoms with E-state index in [1.165, 1.54) is 13.8 Å². The number of carbonyl (C=O) groups excluding carboxylic acids is 2. The Morgan fingerprint density at radius 1 is 0.769 bits per heavy atom. The Balaban J connectivity index is 2.36. The molecule has 4 heteroatoms. The average Bonchev–Trinajstić information content (AvgIpc) is 2.59. The second-order valence-electron chi connectivity index (χ2n) is 6.27. The molecule has 0 fully saturated rings. The Bertz CT molecular complexity index is 788. The lowest BCUT2D eigenvalue weighted by Gasteiger charge is -2.12. The number of rotatable bonds is 6. The van der Waals surface area contributed by atoms with E-state index >= 15 is 0 Å². The van der Waals surface area contributed by atoms with E-state index in [1.54, 1.807) is 36.4 Å². The van der Waals surface area contributed by atoms with Crippen molar-refractivity contribution in [2.24, 2.45) is 0 Å².